The first-order valence-corrected chi connectivity index (χ1v) is 7.70. The minimum absolute atomic E-state index is 0.0364. The predicted octanol–water partition coefficient (Wildman–Crippen LogP) is 0.731. The normalized spacial score (nSPS) is 33.4. The minimum atomic E-state index is -0.581. The van der Waals surface area contributed by atoms with Crippen LogP contribution in [-0.2, 0) is 9.53 Å². The number of hydrogen-bond donors (Lipinski definition) is 2. The Balaban J connectivity index is 1.97. The Hall–Kier alpha value is -0.650. The molecule has 5 nitrogen and oxygen atoms in total. The van der Waals surface area contributed by atoms with Gasteiger partial charge >= 0.3 is 0 Å². The number of likely N-dealkylation sites (N-methyl/N-ethyl adjacent to an activating group) is 1. The van der Waals surface area contributed by atoms with E-state index in [2.05, 4.69) is 24.3 Å². The highest BCUT2D eigenvalue weighted by atomic mass is 16.5. The first-order valence-electron chi connectivity index (χ1n) is 7.70. The number of amides is 1. The lowest BCUT2D eigenvalue weighted by molar-refractivity contribution is -0.131. The molecule has 0 spiro atoms. The zero-order chi connectivity index (χ0) is 14.8. The van der Waals surface area contributed by atoms with Crippen LogP contribution in [0, 0.1) is 5.41 Å². The second-order valence-corrected chi connectivity index (χ2v) is 6.90. The smallest absolute Gasteiger partial charge is 0.230 e. The van der Waals surface area contributed by atoms with Gasteiger partial charge in [0.15, 0.2) is 0 Å². The van der Waals surface area contributed by atoms with E-state index in [0.29, 0.717) is 19.8 Å². The Morgan fingerprint density at radius 2 is 2.00 bits per heavy atom. The van der Waals surface area contributed by atoms with E-state index in [1.54, 1.807) is 0 Å². The molecule has 2 unspecified atom stereocenters. The van der Waals surface area contributed by atoms with Crippen molar-refractivity contribution in [3.05, 3.63) is 0 Å². The molecule has 1 aliphatic heterocycles. The van der Waals surface area contributed by atoms with Crippen LogP contribution in [0.25, 0.3) is 0 Å². The molecule has 5 heteroatoms. The lowest BCUT2D eigenvalue weighted by atomic mass is 9.79. The van der Waals surface area contributed by atoms with Gasteiger partial charge in [-0.25, -0.2) is 0 Å². The molecule has 1 aliphatic carbocycles. The molecule has 1 saturated carbocycles. The first kappa shape index (κ1) is 15.7. The molecule has 2 rings (SSSR count). The summed E-state index contributed by atoms with van der Waals surface area (Å²) in [6.45, 7) is 3.52. The van der Waals surface area contributed by atoms with Crippen LogP contribution in [0.3, 0.4) is 0 Å². The Morgan fingerprint density at radius 3 is 2.50 bits per heavy atom. The number of rotatable bonds is 4. The lowest BCUT2D eigenvalue weighted by Gasteiger charge is -2.43. The summed E-state index contributed by atoms with van der Waals surface area (Å²) in [5.74, 6) is 0.0364. The van der Waals surface area contributed by atoms with Crippen molar-refractivity contribution in [2.75, 3.05) is 33.9 Å². The highest BCUT2D eigenvalue weighted by Gasteiger charge is 2.45. The van der Waals surface area contributed by atoms with Crippen LogP contribution in [0.2, 0.25) is 0 Å². The van der Waals surface area contributed by atoms with Gasteiger partial charge in [0.25, 0.3) is 0 Å². The van der Waals surface area contributed by atoms with Crippen LogP contribution >= 0.6 is 0 Å². The third-order valence-corrected chi connectivity index (χ3v) is 5.35. The molecule has 1 heterocycles. The van der Waals surface area contributed by atoms with E-state index in [0.717, 1.165) is 12.8 Å². The van der Waals surface area contributed by atoms with Gasteiger partial charge in [0.2, 0.25) is 5.91 Å². The molecule has 1 saturated heterocycles. The Kier molecular flexibility index (Phi) is 4.72. The third-order valence-electron chi connectivity index (χ3n) is 5.35. The molecule has 116 valence electrons. The summed E-state index contributed by atoms with van der Waals surface area (Å²) in [6, 6.07) is -0.204. The van der Waals surface area contributed by atoms with Gasteiger partial charge in [-0.2, -0.15) is 0 Å². The standard InChI is InChI=1S/C15H29N3O2/c1-14(11-20-9-12(14)16)13(19)17-10-15(18(2)3)7-5-4-6-8-15/h12H,4-11,16H2,1-3H3,(H,17,19). The molecule has 20 heavy (non-hydrogen) atoms. The van der Waals surface area contributed by atoms with Crippen molar-refractivity contribution in [2.45, 2.75) is 50.6 Å². The van der Waals surface area contributed by atoms with Crippen molar-refractivity contribution in [3.8, 4) is 0 Å². The Morgan fingerprint density at radius 1 is 1.35 bits per heavy atom. The molecule has 2 fully saturated rings. The maximum Gasteiger partial charge on any atom is 0.230 e. The van der Waals surface area contributed by atoms with Crippen LogP contribution in [-0.4, -0.2) is 56.2 Å². The summed E-state index contributed by atoms with van der Waals surface area (Å²) in [7, 11) is 4.23. The monoisotopic (exact) mass is 283 g/mol. The highest BCUT2D eigenvalue weighted by molar-refractivity contribution is 5.83. The van der Waals surface area contributed by atoms with Crippen LogP contribution in [0.1, 0.15) is 39.0 Å². The molecule has 0 aromatic heterocycles. The predicted molar refractivity (Wildman–Crippen MR) is 79.4 cm³/mol. The van der Waals surface area contributed by atoms with Crippen LogP contribution in [0.15, 0.2) is 0 Å². The number of nitrogens with zero attached hydrogens (tertiary/aromatic N) is 1. The van der Waals surface area contributed by atoms with E-state index in [-0.39, 0.29) is 17.5 Å². The van der Waals surface area contributed by atoms with Crippen molar-refractivity contribution in [1.82, 2.24) is 10.2 Å². The van der Waals surface area contributed by atoms with Gasteiger partial charge in [0, 0.05) is 18.1 Å². The van der Waals surface area contributed by atoms with E-state index in [1.165, 1.54) is 19.3 Å². The van der Waals surface area contributed by atoms with Gasteiger partial charge in [0.1, 0.15) is 0 Å². The maximum atomic E-state index is 12.5. The molecule has 2 atom stereocenters. The number of carbonyl (C=O) groups excluding carboxylic acids is 1. The zero-order valence-electron chi connectivity index (χ0n) is 13.1. The summed E-state index contributed by atoms with van der Waals surface area (Å²) < 4.78 is 5.36. The van der Waals surface area contributed by atoms with E-state index < -0.39 is 5.41 Å². The van der Waals surface area contributed by atoms with Crippen LogP contribution < -0.4 is 11.1 Å². The molecular formula is C15H29N3O2. The van der Waals surface area contributed by atoms with Crippen molar-refractivity contribution >= 4 is 5.91 Å². The second-order valence-electron chi connectivity index (χ2n) is 6.90. The van der Waals surface area contributed by atoms with Crippen molar-refractivity contribution in [3.63, 3.8) is 0 Å². The quantitative estimate of drug-likeness (QED) is 0.798. The molecular weight excluding hydrogens is 254 g/mol. The van der Waals surface area contributed by atoms with Gasteiger partial charge in [-0.15, -0.1) is 0 Å². The minimum Gasteiger partial charge on any atom is -0.379 e. The summed E-state index contributed by atoms with van der Waals surface area (Å²) in [5.41, 5.74) is 5.54. The summed E-state index contributed by atoms with van der Waals surface area (Å²) in [6.07, 6.45) is 6.10. The fraction of sp³-hybridized carbons (Fsp3) is 0.933. The number of nitrogens with two attached hydrogens (primary N) is 1. The Bertz CT molecular complexity index is 353. The van der Waals surface area contributed by atoms with Crippen molar-refractivity contribution in [2.24, 2.45) is 11.1 Å². The summed E-state index contributed by atoms with van der Waals surface area (Å²) >= 11 is 0. The number of ether oxygens (including phenoxy) is 1. The van der Waals surface area contributed by atoms with E-state index in [4.69, 9.17) is 10.5 Å². The average molecular weight is 283 g/mol. The zero-order valence-corrected chi connectivity index (χ0v) is 13.1. The topological polar surface area (TPSA) is 67.6 Å². The number of carbonyl (C=O) groups is 1. The van der Waals surface area contributed by atoms with E-state index in [1.807, 2.05) is 6.92 Å². The molecule has 0 radical (unpaired) electrons. The molecule has 1 amide bonds. The maximum absolute atomic E-state index is 12.5. The average Bonchev–Trinajstić information content (AvgIpc) is 2.78. The van der Waals surface area contributed by atoms with Gasteiger partial charge in [-0.05, 0) is 33.9 Å². The fourth-order valence-corrected chi connectivity index (χ4v) is 3.36. The summed E-state index contributed by atoms with van der Waals surface area (Å²) in [5, 5.41) is 3.15. The molecule has 0 bridgehead atoms. The van der Waals surface area contributed by atoms with Crippen molar-refractivity contribution < 1.29 is 9.53 Å². The van der Waals surface area contributed by atoms with Gasteiger partial charge < -0.3 is 20.7 Å². The number of hydrogen-bond acceptors (Lipinski definition) is 4. The van der Waals surface area contributed by atoms with Crippen molar-refractivity contribution in [1.29, 1.82) is 0 Å². The first-order chi connectivity index (χ1) is 9.41. The van der Waals surface area contributed by atoms with Crippen LogP contribution in [0.4, 0.5) is 0 Å². The SMILES string of the molecule is CN(C)C1(CNC(=O)C2(C)COCC2N)CCCCC1. The highest BCUT2D eigenvalue weighted by Crippen LogP contribution is 2.32. The second kappa shape index (κ2) is 6.00. The van der Waals surface area contributed by atoms with E-state index >= 15 is 0 Å². The lowest BCUT2D eigenvalue weighted by Crippen LogP contribution is -2.57. The van der Waals surface area contributed by atoms with Gasteiger partial charge in [0.05, 0.1) is 18.6 Å². The largest absolute Gasteiger partial charge is 0.379 e. The Labute approximate surface area is 122 Å². The third kappa shape index (κ3) is 2.85. The van der Waals surface area contributed by atoms with Gasteiger partial charge in [-0.1, -0.05) is 19.3 Å². The molecule has 0 aromatic carbocycles. The molecule has 2 aliphatic rings. The van der Waals surface area contributed by atoms with Gasteiger partial charge in [-0.3, -0.25) is 4.79 Å². The summed E-state index contributed by atoms with van der Waals surface area (Å²) in [4.78, 5) is 14.8. The fourth-order valence-electron chi connectivity index (χ4n) is 3.36. The number of nitrogens with one attached hydrogen (secondary N) is 1. The molecule has 0 aromatic rings. The molecule has 3 N–H and O–H groups in total. The van der Waals surface area contributed by atoms with Crippen LogP contribution in [0.5, 0.6) is 0 Å². The van der Waals surface area contributed by atoms with E-state index in [9.17, 15) is 4.79 Å².